The molecule has 1 unspecified atom stereocenters. The third kappa shape index (κ3) is 4.50. The molecule has 0 saturated carbocycles. The Labute approximate surface area is 290 Å². The summed E-state index contributed by atoms with van der Waals surface area (Å²) in [5, 5.41) is 2.35. The molecule has 0 amide bonds. The third-order valence-corrected chi connectivity index (χ3v) is 9.97. The van der Waals surface area contributed by atoms with Gasteiger partial charge in [0.25, 0.3) is 0 Å². The number of benzene rings is 7. The Hall–Kier alpha value is -6.65. The first-order chi connectivity index (χ1) is 24.8. The van der Waals surface area contributed by atoms with Crippen molar-refractivity contribution < 1.29 is 0 Å². The van der Waals surface area contributed by atoms with E-state index < -0.39 is 0 Å². The van der Waals surface area contributed by atoms with Gasteiger partial charge in [-0.2, -0.15) is 9.97 Å². The monoisotopic (exact) mass is 638 g/mol. The average molecular weight is 639 g/mol. The minimum absolute atomic E-state index is 0.0644. The summed E-state index contributed by atoms with van der Waals surface area (Å²) in [6, 6.07) is 62.0. The van der Waals surface area contributed by atoms with E-state index in [2.05, 4.69) is 156 Å². The lowest BCUT2D eigenvalue weighted by Crippen LogP contribution is -2.08. The molecule has 1 atom stereocenters. The fraction of sp³-hybridized carbons (Fsp3) is 0.0217. The highest BCUT2D eigenvalue weighted by molar-refractivity contribution is 6.12. The average Bonchev–Trinajstić information content (AvgIpc) is 3.72. The lowest BCUT2D eigenvalue weighted by atomic mass is 9.88. The highest BCUT2D eigenvalue weighted by Crippen LogP contribution is 2.52. The molecule has 0 aliphatic heterocycles. The fourth-order valence-corrected chi connectivity index (χ4v) is 7.71. The summed E-state index contributed by atoms with van der Waals surface area (Å²) in [6.07, 6.45) is 0. The third-order valence-electron chi connectivity index (χ3n) is 9.97. The Morgan fingerprint density at radius 3 is 1.70 bits per heavy atom. The van der Waals surface area contributed by atoms with Gasteiger partial charge < -0.3 is 0 Å². The van der Waals surface area contributed by atoms with Gasteiger partial charge in [-0.1, -0.05) is 170 Å². The predicted octanol–water partition coefficient (Wildman–Crippen LogP) is 11.1. The standard InChI is InChI=1S/C46H30N4/c1-4-14-30(15-5-1)31-24-26-34(27-25-31)45-47-44(33-18-8-3-9-19-33)48-46(49-45)50-40-23-13-12-21-36(40)39-29-28-38-35-20-10-11-22-37(35)41(42(38)43(39)50)32-16-6-2-7-17-32/h1-29,41H. The summed E-state index contributed by atoms with van der Waals surface area (Å²) in [4.78, 5) is 15.6. The Morgan fingerprint density at radius 1 is 0.400 bits per heavy atom. The SMILES string of the molecule is c1ccc(-c2ccc(-c3nc(-c4ccccc4)nc(-n4c5ccccc5c5ccc6c(c54)C(c4ccccc4)c4ccccc4-6)n3)cc2)cc1. The van der Waals surface area contributed by atoms with Crippen molar-refractivity contribution in [2.24, 2.45) is 0 Å². The van der Waals surface area contributed by atoms with Crippen molar-refractivity contribution in [2.75, 3.05) is 0 Å². The molecular weight excluding hydrogens is 609 g/mol. The van der Waals surface area contributed by atoms with Crippen LogP contribution in [0.15, 0.2) is 176 Å². The molecule has 50 heavy (non-hydrogen) atoms. The molecule has 0 bridgehead atoms. The number of rotatable bonds is 5. The molecule has 1 aliphatic rings. The Bertz CT molecular complexity index is 2680. The minimum Gasteiger partial charge on any atom is -0.277 e. The van der Waals surface area contributed by atoms with Crippen LogP contribution < -0.4 is 0 Å². The molecule has 0 saturated heterocycles. The molecule has 0 fully saturated rings. The van der Waals surface area contributed by atoms with E-state index in [0.29, 0.717) is 17.6 Å². The van der Waals surface area contributed by atoms with Crippen molar-refractivity contribution in [1.29, 1.82) is 0 Å². The minimum atomic E-state index is 0.0644. The van der Waals surface area contributed by atoms with Crippen molar-refractivity contribution in [1.82, 2.24) is 19.5 Å². The summed E-state index contributed by atoms with van der Waals surface area (Å²) in [7, 11) is 0. The largest absolute Gasteiger partial charge is 0.277 e. The summed E-state index contributed by atoms with van der Waals surface area (Å²) >= 11 is 0. The number of hydrogen-bond donors (Lipinski definition) is 0. The van der Waals surface area contributed by atoms with Crippen LogP contribution in [0.4, 0.5) is 0 Å². The molecule has 9 aromatic rings. The van der Waals surface area contributed by atoms with Gasteiger partial charge in [0.2, 0.25) is 5.95 Å². The zero-order valence-electron chi connectivity index (χ0n) is 27.1. The van der Waals surface area contributed by atoms with E-state index in [0.717, 1.165) is 27.7 Å². The number of para-hydroxylation sites is 1. The molecule has 0 spiro atoms. The fourth-order valence-electron chi connectivity index (χ4n) is 7.71. The molecule has 4 nitrogen and oxygen atoms in total. The van der Waals surface area contributed by atoms with E-state index in [1.165, 1.54) is 44.2 Å². The normalized spacial score (nSPS) is 13.4. The van der Waals surface area contributed by atoms with Crippen LogP contribution >= 0.6 is 0 Å². The molecule has 7 aromatic carbocycles. The molecule has 1 aliphatic carbocycles. The summed E-state index contributed by atoms with van der Waals surface area (Å²) in [5.74, 6) is 1.94. The van der Waals surface area contributed by atoms with E-state index in [9.17, 15) is 0 Å². The number of fused-ring (bicyclic) bond motifs is 7. The van der Waals surface area contributed by atoms with Crippen LogP contribution in [-0.4, -0.2) is 19.5 Å². The molecule has 10 rings (SSSR count). The zero-order valence-corrected chi connectivity index (χ0v) is 27.1. The second-order valence-corrected chi connectivity index (χ2v) is 12.8. The summed E-state index contributed by atoms with van der Waals surface area (Å²) in [5.41, 5.74) is 12.8. The van der Waals surface area contributed by atoms with Gasteiger partial charge in [-0.3, -0.25) is 4.57 Å². The Morgan fingerprint density at radius 2 is 0.960 bits per heavy atom. The second kappa shape index (κ2) is 11.5. The van der Waals surface area contributed by atoms with Gasteiger partial charge in [-0.25, -0.2) is 4.98 Å². The topological polar surface area (TPSA) is 43.6 Å². The summed E-state index contributed by atoms with van der Waals surface area (Å²) < 4.78 is 2.28. The van der Waals surface area contributed by atoms with Crippen LogP contribution in [0.1, 0.15) is 22.6 Å². The number of nitrogens with zero attached hydrogens (tertiary/aromatic N) is 4. The zero-order chi connectivity index (χ0) is 33.0. The van der Waals surface area contributed by atoms with Gasteiger partial charge in [0, 0.05) is 27.8 Å². The van der Waals surface area contributed by atoms with Gasteiger partial charge in [0.15, 0.2) is 11.6 Å². The van der Waals surface area contributed by atoms with Crippen molar-refractivity contribution >= 4 is 21.8 Å². The van der Waals surface area contributed by atoms with Gasteiger partial charge in [-0.05, 0) is 45.0 Å². The lowest BCUT2D eigenvalue weighted by Gasteiger charge is -2.17. The lowest BCUT2D eigenvalue weighted by molar-refractivity contribution is 0.941. The van der Waals surface area contributed by atoms with Gasteiger partial charge >= 0.3 is 0 Å². The van der Waals surface area contributed by atoms with Gasteiger partial charge in [-0.15, -0.1) is 0 Å². The van der Waals surface area contributed by atoms with E-state index >= 15 is 0 Å². The van der Waals surface area contributed by atoms with Crippen LogP contribution in [0.2, 0.25) is 0 Å². The maximum absolute atomic E-state index is 5.29. The van der Waals surface area contributed by atoms with Crippen molar-refractivity contribution in [3.8, 4) is 51.0 Å². The van der Waals surface area contributed by atoms with Crippen LogP contribution in [0.3, 0.4) is 0 Å². The van der Waals surface area contributed by atoms with Crippen LogP contribution in [-0.2, 0) is 0 Å². The van der Waals surface area contributed by atoms with E-state index in [4.69, 9.17) is 15.0 Å². The molecule has 2 aromatic heterocycles. The molecular formula is C46H30N4. The van der Waals surface area contributed by atoms with Crippen LogP contribution in [0.25, 0.3) is 72.8 Å². The maximum Gasteiger partial charge on any atom is 0.238 e. The van der Waals surface area contributed by atoms with Crippen molar-refractivity contribution in [3.63, 3.8) is 0 Å². The molecule has 2 heterocycles. The smallest absolute Gasteiger partial charge is 0.238 e. The Balaban J connectivity index is 1.26. The van der Waals surface area contributed by atoms with E-state index in [-0.39, 0.29) is 5.92 Å². The van der Waals surface area contributed by atoms with Gasteiger partial charge in [0.05, 0.1) is 11.0 Å². The first-order valence-electron chi connectivity index (χ1n) is 17.0. The molecule has 0 N–H and O–H groups in total. The summed E-state index contributed by atoms with van der Waals surface area (Å²) in [6.45, 7) is 0. The molecule has 0 radical (unpaired) electrons. The predicted molar refractivity (Wildman–Crippen MR) is 203 cm³/mol. The first kappa shape index (κ1) is 28.4. The van der Waals surface area contributed by atoms with Crippen LogP contribution in [0.5, 0.6) is 0 Å². The van der Waals surface area contributed by atoms with Crippen LogP contribution in [0, 0.1) is 0 Å². The number of aromatic nitrogens is 4. The van der Waals surface area contributed by atoms with Crippen molar-refractivity contribution in [2.45, 2.75) is 5.92 Å². The van der Waals surface area contributed by atoms with Gasteiger partial charge in [0.1, 0.15) is 0 Å². The number of hydrogen-bond acceptors (Lipinski definition) is 3. The second-order valence-electron chi connectivity index (χ2n) is 12.8. The van der Waals surface area contributed by atoms with E-state index in [1.54, 1.807) is 0 Å². The van der Waals surface area contributed by atoms with Crippen molar-refractivity contribution in [3.05, 3.63) is 193 Å². The molecule has 234 valence electrons. The molecule has 4 heteroatoms. The highest BCUT2D eigenvalue weighted by Gasteiger charge is 2.34. The first-order valence-corrected chi connectivity index (χ1v) is 17.0. The maximum atomic E-state index is 5.29. The highest BCUT2D eigenvalue weighted by atomic mass is 15.2. The van der Waals surface area contributed by atoms with E-state index in [1.807, 2.05) is 24.3 Å². The Kier molecular flexibility index (Phi) is 6.53. The quantitative estimate of drug-likeness (QED) is 0.188.